The van der Waals surface area contributed by atoms with Crippen LogP contribution in [0.5, 0.6) is 11.5 Å². The van der Waals surface area contributed by atoms with Crippen molar-refractivity contribution >= 4 is 22.4 Å². The van der Waals surface area contributed by atoms with E-state index in [0.717, 1.165) is 52.4 Å². The van der Waals surface area contributed by atoms with Gasteiger partial charge in [0.25, 0.3) is 0 Å². The van der Waals surface area contributed by atoms with E-state index in [1.807, 2.05) is 61.1 Å². The fourth-order valence-electron chi connectivity index (χ4n) is 3.36. The predicted octanol–water partition coefficient (Wildman–Crippen LogP) is 4.31. The first-order valence-electron chi connectivity index (χ1n) is 10.1. The summed E-state index contributed by atoms with van der Waals surface area (Å²) in [6, 6.07) is 13.8. The van der Waals surface area contributed by atoms with Gasteiger partial charge in [0.15, 0.2) is 0 Å². The van der Waals surface area contributed by atoms with Crippen molar-refractivity contribution in [3.8, 4) is 11.5 Å². The molecule has 4 rings (SSSR count). The summed E-state index contributed by atoms with van der Waals surface area (Å²) in [7, 11) is 3.30. The lowest BCUT2D eigenvalue weighted by atomic mass is 10.1. The van der Waals surface area contributed by atoms with Crippen LogP contribution in [0.25, 0.3) is 10.9 Å². The van der Waals surface area contributed by atoms with E-state index in [0.29, 0.717) is 6.54 Å². The molecule has 158 valence electrons. The average Bonchev–Trinajstić information content (AvgIpc) is 2.83. The molecule has 31 heavy (non-hydrogen) atoms. The smallest absolute Gasteiger partial charge is 0.128 e. The summed E-state index contributed by atoms with van der Waals surface area (Å²) >= 11 is 0. The highest BCUT2D eigenvalue weighted by Crippen LogP contribution is 2.27. The first kappa shape index (κ1) is 20.4. The minimum atomic E-state index is 0.609. The second-order valence-corrected chi connectivity index (χ2v) is 7.05. The van der Waals surface area contributed by atoms with E-state index < -0.39 is 0 Å². The molecule has 3 heterocycles. The molecule has 2 N–H and O–H groups in total. The molecule has 0 amide bonds. The number of benzene rings is 1. The molecule has 0 saturated heterocycles. The van der Waals surface area contributed by atoms with Gasteiger partial charge in [0.1, 0.15) is 17.3 Å². The van der Waals surface area contributed by atoms with Crippen molar-refractivity contribution in [1.29, 1.82) is 0 Å². The molecular formula is C24H25N5O2. The molecule has 4 aromatic rings. The number of nitrogens with one attached hydrogen (secondary N) is 2. The van der Waals surface area contributed by atoms with E-state index in [9.17, 15) is 0 Å². The number of anilines is 2. The second-order valence-electron chi connectivity index (χ2n) is 7.05. The minimum absolute atomic E-state index is 0.609. The number of nitrogens with zero attached hydrogens (tertiary/aromatic N) is 3. The fourth-order valence-corrected chi connectivity index (χ4v) is 3.36. The molecule has 1 aromatic carbocycles. The third kappa shape index (κ3) is 5.19. The minimum Gasteiger partial charge on any atom is -0.497 e. The van der Waals surface area contributed by atoms with Gasteiger partial charge < -0.3 is 20.1 Å². The van der Waals surface area contributed by atoms with Gasteiger partial charge in [-0.1, -0.05) is 0 Å². The monoisotopic (exact) mass is 415 g/mol. The van der Waals surface area contributed by atoms with E-state index >= 15 is 0 Å². The highest BCUT2D eigenvalue weighted by atomic mass is 16.5. The lowest BCUT2D eigenvalue weighted by Gasteiger charge is -2.14. The van der Waals surface area contributed by atoms with Crippen LogP contribution in [0.2, 0.25) is 0 Å². The van der Waals surface area contributed by atoms with Gasteiger partial charge in [-0.15, -0.1) is 0 Å². The maximum absolute atomic E-state index is 5.38. The average molecular weight is 415 g/mol. The zero-order chi connectivity index (χ0) is 21.5. The van der Waals surface area contributed by atoms with Crippen molar-refractivity contribution in [2.45, 2.75) is 13.0 Å². The molecule has 0 aliphatic heterocycles. The summed E-state index contributed by atoms with van der Waals surface area (Å²) in [4.78, 5) is 13.1. The predicted molar refractivity (Wildman–Crippen MR) is 123 cm³/mol. The second kappa shape index (κ2) is 9.75. The summed E-state index contributed by atoms with van der Waals surface area (Å²) in [6.45, 7) is 1.39. The number of hydrogen-bond acceptors (Lipinski definition) is 7. The van der Waals surface area contributed by atoms with E-state index in [-0.39, 0.29) is 0 Å². The third-order valence-electron chi connectivity index (χ3n) is 4.97. The molecule has 0 unspecified atom stereocenters. The number of ether oxygens (including phenoxy) is 2. The SMILES string of the molecule is COc1cc(CNc2cc(NCCc3ccncc3)nc3ccncc23)cc(OC)c1. The number of aromatic nitrogens is 3. The van der Waals surface area contributed by atoms with Gasteiger partial charge in [-0.3, -0.25) is 9.97 Å². The number of rotatable bonds is 9. The molecule has 0 fully saturated rings. The van der Waals surface area contributed by atoms with E-state index in [2.05, 4.69) is 20.6 Å². The van der Waals surface area contributed by atoms with E-state index in [4.69, 9.17) is 14.5 Å². The summed E-state index contributed by atoms with van der Waals surface area (Å²) in [6.07, 6.45) is 8.10. The quantitative estimate of drug-likeness (QED) is 0.422. The zero-order valence-electron chi connectivity index (χ0n) is 17.6. The molecule has 0 aliphatic carbocycles. The summed E-state index contributed by atoms with van der Waals surface area (Å²) in [5.74, 6) is 2.34. The molecule has 7 heteroatoms. The van der Waals surface area contributed by atoms with Gasteiger partial charge in [-0.25, -0.2) is 4.98 Å². The molecule has 7 nitrogen and oxygen atoms in total. The first-order valence-corrected chi connectivity index (χ1v) is 10.1. The molecule has 0 bridgehead atoms. The normalized spacial score (nSPS) is 10.6. The van der Waals surface area contributed by atoms with Gasteiger partial charge in [0, 0.05) is 61.1 Å². The molecular weight excluding hydrogens is 390 g/mol. The number of fused-ring (bicyclic) bond motifs is 1. The Balaban J connectivity index is 1.52. The molecule has 0 atom stereocenters. The molecule has 0 spiro atoms. The Hall–Kier alpha value is -3.87. The van der Waals surface area contributed by atoms with Crippen molar-refractivity contribution in [3.05, 3.63) is 78.4 Å². The topological polar surface area (TPSA) is 81.2 Å². The Bertz CT molecular complexity index is 1130. The number of hydrogen-bond donors (Lipinski definition) is 2. The van der Waals surface area contributed by atoms with Crippen LogP contribution < -0.4 is 20.1 Å². The number of methoxy groups -OCH3 is 2. The van der Waals surface area contributed by atoms with Gasteiger partial charge in [-0.05, 0) is 47.9 Å². The summed E-state index contributed by atoms with van der Waals surface area (Å²) < 4.78 is 10.8. The van der Waals surface area contributed by atoms with Gasteiger partial charge in [0.05, 0.1) is 19.7 Å². The Morgan fingerprint density at radius 1 is 0.806 bits per heavy atom. The third-order valence-corrected chi connectivity index (χ3v) is 4.97. The van der Waals surface area contributed by atoms with Gasteiger partial charge >= 0.3 is 0 Å². The van der Waals surface area contributed by atoms with Crippen molar-refractivity contribution in [2.24, 2.45) is 0 Å². The molecule has 3 aromatic heterocycles. The Morgan fingerprint density at radius 3 is 2.29 bits per heavy atom. The van der Waals surface area contributed by atoms with Crippen molar-refractivity contribution in [3.63, 3.8) is 0 Å². The first-order chi connectivity index (χ1) is 15.2. The highest BCUT2D eigenvalue weighted by Gasteiger charge is 2.08. The van der Waals surface area contributed by atoms with Crippen molar-refractivity contribution < 1.29 is 9.47 Å². The van der Waals surface area contributed by atoms with Crippen LogP contribution in [-0.4, -0.2) is 35.7 Å². The zero-order valence-corrected chi connectivity index (χ0v) is 17.6. The van der Waals surface area contributed by atoms with Gasteiger partial charge in [0.2, 0.25) is 0 Å². The summed E-state index contributed by atoms with van der Waals surface area (Å²) in [5.41, 5.74) is 4.14. The van der Waals surface area contributed by atoms with Crippen LogP contribution in [0.4, 0.5) is 11.5 Å². The van der Waals surface area contributed by atoms with Gasteiger partial charge in [-0.2, -0.15) is 0 Å². The maximum atomic E-state index is 5.38. The lowest BCUT2D eigenvalue weighted by molar-refractivity contribution is 0.393. The Kier molecular flexibility index (Phi) is 6.42. The highest BCUT2D eigenvalue weighted by molar-refractivity contribution is 5.92. The summed E-state index contributed by atoms with van der Waals surface area (Å²) in [5, 5.41) is 7.91. The van der Waals surface area contributed by atoms with Crippen molar-refractivity contribution in [2.75, 3.05) is 31.4 Å². The van der Waals surface area contributed by atoms with E-state index in [1.165, 1.54) is 5.56 Å². The van der Waals surface area contributed by atoms with Crippen LogP contribution in [0.15, 0.2) is 67.3 Å². The Labute approximate surface area is 181 Å². The van der Waals surface area contributed by atoms with Crippen LogP contribution in [0.1, 0.15) is 11.1 Å². The maximum Gasteiger partial charge on any atom is 0.128 e. The largest absolute Gasteiger partial charge is 0.497 e. The van der Waals surface area contributed by atoms with E-state index in [1.54, 1.807) is 20.4 Å². The van der Waals surface area contributed by atoms with Crippen LogP contribution in [0, 0.1) is 0 Å². The molecule has 0 aliphatic rings. The van der Waals surface area contributed by atoms with Crippen LogP contribution in [0.3, 0.4) is 0 Å². The lowest BCUT2D eigenvalue weighted by Crippen LogP contribution is -2.08. The molecule has 0 saturated carbocycles. The molecule has 0 radical (unpaired) electrons. The Morgan fingerprint density at radius 2 is 1.55 bits per heavy atom. The fraction of sp³-hybridized carbons (Fsp3) is 0.208. The van der Waals surface area contributed by atoms with Crippen LogP contribution in [-0.2, 0) is 13.0 Å². The van der Waals surface area contributed by atoms with Crippen molar-refractivity contribution in [1.82, 2.24) is 15.0 Å². The number of pyridine rings is 3. The van der Waals surface area contributed by atoms with Crippen LogP contribution >= 0.6 is 0 Å². The standard InChI is InChI=1S/C24H25N5O2/c1-30-19-11-18(12-20(13-19)31-2)15-28-23-14-24(29-22-6-9-26-16-21(22)23)27-10-5-17-3-7-25-8-4-17/h3-4,6-9,11-14,16H,5,10,15H2,1-2H3,(H2,27,28,29).